The molecule has 0 saturated carbocycles. The number of carbonyl (C=O) groups excluding carboxylic acids is 1. The molecular formula is C16H30O2S. The number of cyclic esters (lactones) is 1. The van der Waals surface area contributed by atoms with Gasteiger partial charge in [-0.3, -0.25) is 4.79 Å². The molecule has 0 aromatic rings. The van der Waals surface area contributed by atoms with Gasteiger partial charge in [0.05, 0.1) is 6.61 Å². The molecule has 1 fully saturated rings. The van der Waals surface area contributed by atoms with Crippen LogP contribution in [0.3, 0.4) is 0 Å². The molecule has 2 nitrogen and oxygen atoms in total. The molecular weight excluding hydrogens is 256 g/mol. The first-order valence-corrected chi connectivity index (χ1v) is 9.28. The van der Waals surface area contributed by atoms with E-state index in [9.17, 15) is 4.79 Å². The maximum atomic E-state index is 11.4. The smallest absolute Gasteiger partial charge is 0.305 e. The monoisotopic (exact) mass is 286 g/mol. The summed E-state index contributed by atoms with van der Waals surface area (Å²) in [5.74, 6) is 2.61. The van der Waals surface area contributed by atoms with E-state index in [1.807, 2.05) is 0 Å². The molecule has 1 rings (SSSR count). The lowest BCUT2D eigenvalue weighted by atomic mass is 10.1. The summed E-state index contributed by atoms with van der Waals surface area (Å²) in [6, 6.07) is 0. The molecule has 0 N–H and O–H groups in total. The van der Waals surface area contributed by atoms with Crippen LogP contribution in [0.25, 0.3) is 0 Å². The Kier molecular flexibility index (Phi) is 11.4. The van der Waals surface area contributed by atoms with Crippen LogP contribution in [0.15, 0.2) is 0 Å². The predicted octanol–water partition coefficient (Wildman–Crippen LogP) is 4.96. The van der Waals surface area contributed by atoms with Crippen LogP contribution in [0.4, 0.5) is 0 Å². The first-order valence-electron chi connectivity index (χ1n) is 8.13. The average Bonchev–Trinajstić information content (AvgIpc) is 2.41. The van der Waals surface area contributed by atoms with Gasteiger partial charge < -0.3 is 4.74 Å². The van der Waals surface area contributed by atoms with E-state index in [4.69, 9.17) is 4.74 Å². The summed E-state index contributed by atoms with van der Waals surface area (Å²) < 4.78 is 5.24. The van der Waals surface area contributed by atoms with Crippen molar-refractivity contribution in [2.45, 2.75) is 77.0 Å². The summed E-state index contributed by atoms with van der Waals surface area (Å²) in [7, 11) is 0. The van der Waals surface area contributed by atoms with Crippen LogP contribution in [0.5, 0.6) is 0 Å². The number of esters is 1. The van der Waals surface area contributed by atoms with E-state index in [2.05, 4.69) is 11.8 Å². The van der Waals surface area contributed by atoms with Gasteiger partial charge in [0.2, 0.25) is 0 Å². The van der Waals surface area contributed by atoms with Crippen molar-refractivity contribution in [3.63, 3.8) is 0 Å². The zero-order chi connectivity index (χ0) is 13.6. The van der Waals surface area contributed by atoms with Gasteiger partial charge in [0.15, 0.2) is 0 Å². The highest BCUT2D eigenvalue weighted by atomic mass is 32.2. The van der Waals surface area contributed by atoms with Gasteiger partial charge in [0.25, 0.3) is 0 Å². The molecule has 112 valence electrons. The van der Waals surface area contributed by atoms with E-state index in [0.717, 1.165) is 12.8 Å². The minimum absolute atomic E-state index is 0.00971. The molecule has 1 saturated heterocycles. The average molecular weight is 286 g/mol. The number of carbonyl (C=O) groups is 1. The van der Waals surface area contributed by atoms with E-state index in [1.165, 1.54) is 69.3 Å². The molecule has 1 heterocycles. The summed E-state index contributed by atoms with van der Waals surface area (Å²) in [6.45, 7) is 0.628. The third-order valence-corrected chi connectivity index (χ3v) is 4.77. The Morgan fingerprint density at radius 2 is 1.21 bits per heavy atom. The molecule has 1 aliphatic heterocycles. The van der Waals surface area contributed by atoms with Gasteiger partial charge in [-0.05, 0) is 43.6 Å². The Morgan fingerprint density at radius 1 is 0.684 bits per heavy atom. The summed E-state index contributed by atoms with van der Waals surface area (Å²) in [5, 5.41) is 0. The third kappa shape index (κ3) is 11.4. The maximum Gasteiger partial charge on any atom is 0.305 e. The number of rotatable bonds is 0. The second-order valence-electron chi connectivity index (χ2n) is 5.47. The molecule has 0 aliphatic carbocycles. The fraction of sp³-hybridized carbons (Fsp3) is 0.938. The van der Waals surface area contributed by atoms with Crippen molar-refractivity contribution in [3.05, 3.63) is 0 Å². The number of hydrogen-bond donors (Lipinski definition) is 0. The Bertz CT molecular complexity index is 199. The second-order valence-corrected chi connectivity index (χ2v) is 6.70. The van der Waals surface area contributed by atoms with E-state index in [-0.39, 0.29) is 5.97 Å². The van der Waals surface area contributed by atoms with Gasteiger partial charge in [-0.1, -0.05) is 38.5 Å². The van der Waals surface area contributed by atoms with Crippen LogP contribution in [0.2, 0.25) is 0 Å². The lowest BCUT2D eigenvalue weighted by molar-refractivity contribution is -0.143. The van der Waals surface area contributed by atoms with Crippen LogP contribution in [0, 0.1) is 0 Å². The molecule has 1 aliphatic rings. The fourth-order valence-corrected chi connectivity index (χ4v) is 3.40. The van der Waals surface area contributed by atoms with Crippen molar-refractivity contribution in [1.29, 1.82) is 0 Å². The minimum Gasteiger partial charge on any atom is -0.466 e. The van der Waals surface area contributed by atoms with E-state index in [1.54, 1.807) is 0 Å². The van der Waals surface area contributed by atoms with E-state index in [0.29, 0.717) is 13.0 Å². The van der Waals surface area contributed by atoms with Gasteiger partial charge in [0, 0.05) is 6.42 Å². The predicted molar refractivity (Wildman–Crippen MR) is 83.7 cm³/mol. The molecule has 0 radical (unpaired) electrons. The summed E-state index contributed by atoms with van der Waals surface area (Å²) in [4.78, 5) is 11.4. The number of ether oxygens (including phenoxy) is 1. The van der Waals surface area contributed by atoms with Crippen molar-refractivity contribution in [3.8, 4) is 0 Å². The SMILES string of the molecule is O=C1CCCCCCCCCCSCCCCCO1. The zero-order valence-corrected chi connectivity index (χ0v) is 13.1. The highest BCUT2D eigenvalue weighted by Crippen LogP contribution is 2.14. The maximum absolute atomic E-state index is 11.4. The van der Waals surface area contributed by atoms with Crippen molar-refractivity contribution in [2.75, 3.05) is 18.1 Å². The molecule has 19 heavy (non-hydrogen) atoms. The van der Waals surface area contributed by atoms with E-state index >= 15 is 0 Å². The standard InChI is InChI=1S/C16H30O2S/c17-16-12-8-5-3-1-2-4-6-10-14-19-15-11-7-9-13-18-16/h1-15H2. The van der Waals surface area contributed by atoms with Gasteiger partial charge >= 0.3 is 5.97 Å². The topological polar surface area (TPSA) is 26.3 Å². The molecule has 3 heteroatoms. The van der Waals surface area contributed by atoms with Crippen LogP contribution in [-0.2, 0) is 9.53 Å². The number of hydrogen-bond acceptors (Lipinski definition) is 3. The van der Waals surface area contributed by atoms with Gasteiger partial charge in [-0.15, -0.1) is 0 Å². The molecule has 0 aromatic carbocycles. The second kappa shape index (κ2) is 12.8. The minimum atomic E-state index is 0.00971. The lowest BCUT2D eigenvalue weighted by Crippen LogP contribution is -2.05. The molecule has 0 spiro atoms. The first kappa shape index (κ1) is 16.9. The van der Waals surface area contributed by atoms with Crippen molar-refractivity contribution < 1.29 is 9.53 Å². The van der Waals surface area contributed by atoms with Crippen LogP contribution in [0.1, 0.15) is 77.0 Å². The summed E-state index contributed by atoms with van der Waals surface area (Å²) in [6.07, 6.45) is 14.5. The Balaban J connectivity index is 2.10. The van der Waals surface area contributed by atoms with Gasteiger partial charge in [0.1, 0.15) is 0 Å². The van der Waals surface area contributed by atoms with Crippen molar-refractivity contribution in [2.24, 2.45) is 0 Å². The largest absolute Gasteiger partial charge is 0.466 e. The normalized spacial score (nSPS) is 23.1. The molecule has 0 bridgehead atoms. The highest BCUT2D eigenvalue weighted by molar-refractivity contribution is 7.99. The van der Waals surface area contributed by atoms with Crippen LogP contribution < -0.4 is 0 Å². The summed E-state index contributed by atoms with van der Waals surface area (Å²) in [5.41, 5.74) is 0. The fourth-order valence-electron chi connectivity index (χ4n) is 2.38. The lowest BCUT2D eigenvalue weighted by Gasteiger charge is -2.06. The Labute approximate surface area is 123 Å². The Morgan fingerprint density at radius 3 is 1.89 bits per heavy atom. The van der Waals surface area contributed by atoms with Gasteiger partial charge in [-0.25, -0.2) is 0 Å². The summed E-state index contributed by atoms with van der Waals surface area (Å²) >= 11 is 2.09. The van der Waals surface area contributed by atoms with E-state index < -0.39 is 0 Å². The first-order chi connectivity index (χ1) is 9.39. The third-order valence-electron chi connectivity index (χ3n) is 3.62. The molecule has 0 amide bonds. The quantitative estimate of drug-likeness (QED) is 0.589. The van der Waals surface area contributed by atoms with Crippen LogP contribution >= 0.6 is 11.8 Å². The van der Waals surface area contributed by atoms with Crippen LogP contribution in [-0.4, -0.2) is 24.1 Å². The van der Waals surface area contributed by atoms with Crippen molar-refractivity contribution in [1.82, 2.24) is 0 Å². The number of thioether (sulfide) groups is 1. The molecule has 0 aromatic heterocycles. The van der Waals surface area contributed by atoms with Crippen molar-refractivity contribution >= 4 is 17.7 Å². The van der Waals surface area contributed by atoms with Gasteiger partial charge in [-0.2, -0.15) is 11.8 Å². The molecule has 0 atom stereocenters. The zero-order valence-electron chi connectivity index (χ0n) is 12.3. The molecule has 0 unspecified atom stereocenters. The Hall–Kier alpha value is -0.180. The highest BCUT2D eigenvalue weighted by Gasteiger charge is 2.02.